The van der Waals surface area contributed by atoms with E-state index in [-0.39, 0.29) is 39.4 Å². The number of carboxylic acid groups (broad SMARTS) is 1. The molecule has 8 nitrogen and oxygen atoms in total. The highest BCUT2D eigenvalue weighted by Crippen LogP contribution is 2.29. The van der Waals surface area contributed by atoms with Crippen LogP contribution in [-0.4, -0.2) is 27.7 Å². The molecule has 0 amide bonds. The summed E-state index contributed by atoms with van der Waals surface area (Å²) in [7, 11) is 1.39. The number of nitrogens with one attached hydrogen (secondary N) is 1. The van der Waals surface area contributed by atoms with Crippen LogP contribution >= 0.6 is 11.3 Å². The number of hydrogen-bond donors (Lipinski definition) is 2. The summed E-state index contributed by atoms with van der Waals surface area (Å²) in [5, 5.41) is 10.5. The van der Waals surface area contributed by atoms with E-state index in [0.717, 1.165) is 23.5 Å². The lowest BCUT2D eigenvalue weighted by atomic mass is 10.1. The third-order valence-electron chi connectivity index (χ3n) is 5.27. The number of thiophene rings is 1. The van der Waals surface area contributed by atoms with Gasteiger partial charge in [-0.15, -0.1) is 11.3 Å². The van der Waals surface area contributed by atoms with Gasteiger partial charge in [0.05, 0.1) is 29.3 Å². The molecule has 11 heteroatoms. The van der Waals surface area contributed by atoms with Crippen LogP contribution in [0.1, 0.15) is 27.7 Å². The number of aromatic amines is 1. The molecule has 2 N–H and O–H groups in total. The Bertz CT molecular complexity index is 1540. The van der Waals surface area contributed by atoms with E-state index in [9.17, 15) is 23.9 Å². The van der Waals surface area contributed by atoms with Crippen LogP contribution in [0.25, 0.3) is 16.6 Å². The number of methoxy groups -OCH3 is 1. The van der Waals surface area contributed by atoms with Crippen molar-refractivity contribution in [3.8, 4) is 17.2 Å². The highest BCUT2D eigenvalue weighted by Gasteiger charge is 2.22. The summed E-state index contributed by atoms with van der Waals surface area (Å²) >= 11 is 0.773. The van der Waals surface area contributed by atoms with Crippen LogP contribution < -0.4 is 20.7 Å². The Morgan fingerprint density at radius 3 is 2.62 bits per heavy atom. The zero-order valence-corrected chi connectivity index (χ0v) is 18.8. The van der Waals surface area contributed by atoms with Gasteiger partial charge in [-0.3, -0.25) is 4.79 Å². The normalized spacial score (nSPS) is 11.1. The number of H-pyrrole nitrogens is 1. The second-order valence-electron chi connectivity index (χ2n) is 7.20. The van der Waals surface area contributed by atoms with Crippen LogP contribution in [0.3, 0.4) is 0 Å². The van der Waals surface area contributed by atoms with E-state index >= 15 is 4.39 Å². The molecule has 0 aliphatic carbocycles. The number of halogens is 2. The maximum atomic E-state index is 15.0. The Hall–Kier alpha value is -3.99. The highest BCUT2D eigenvalue weighted by molar-refractivity contribution is 7.13. The number of aromatic carboxylic acids is 1. The van der Waals surface area contributed by atoms with Crippen molar-refractivity contribution in [2.45, 2.75) is 20.0 Å². The molecule has 0 fully saturated rings. The topological polar surface area (TPSA) is 111 Å². The molecule has 0 saturated carbocycles. The molecule has 34 heavy (non-hydrogen) atoms. The van der Waals surface area contributed by atoms with E-state index in [1.807, 2.05) is 0 Å². The molecule has 4 aromatic rings. The van der Waals surface area contributed by atoms with Crippen molar-refractivity contribution in [3.63, 3.8) is 0 Å². The highest BCUT2D eigenvalue weighted by atomic mass is 32.1. The second kappa shape index (κ2) is 9.10. The van der Waals surface area contributed by atoms with E-state index in [4.69, 9.17) is 9.47 Å². The minimum absolute atomic E-state index is 0.0438. The van der Waals surface area contributed by atoms with Crippen molar-refractivity contribution in [2.24, 2.45) is 0 Å². The zero-order chi connectivity index (χ0) is 24.6. The van der Waals surface area contributed by atoms with Gasteiger partial charge in [-0.05, 0) is 30.2 Å². The van der Waals surface area contributed by atoms with Gasteiger partial charge < -0.3 is 19.6 Å². The third kappa shape index (κ3) is 3.94. The number of rotatable bonds is 7. The van der Waals surface area contributed by atoms with Crippen molar-refractivity contribution in [1.29, 1.82) is 0 Å². The molecule has 176 valence electrons. The predicted molar refractivity (Wildman–Crippen MR) is 122 cm³/mol. The Labute approximate surface area is 194 Å². The van der Waals surface area contributed by atoms with Crippen LogP contribution in [0.15, 0.2) is 45.3 Å². The SMILES string of the molecule is CCc1cc(F)c(-n2c(=O)[nH]c3csc(C(=O)O)c3c2=O)cc1OCc1c(F)cccc1OC. The average Bonchev–Trinajstić information content (AvgIpc) is 3.23. The number of carboxylic acids is 1. The van der Waals surface area contributed by atoms with Crippen LogP contribution in [0.2, 0.25) is 0 Å². The average molecular weight is 488 g/mol. The molecule has 2 heterocycles. The Kier molecular flexibility index (Phi) is 6.20. The number of hydrogen-bond acceptors (Lipinski definition) is 6. The standard InChI is InChI=1S/C23H18F2N2O6S/c1-3-11-7-14(25)16(8-18(11)33-9-12-13(24)5-4-6-17(12)32-2)27-21(28)19-15(26-23(27)31)10-34-20(19)22(29)30/h4-8,10H,3,9H2,1-2H3,(H,26,31)(H,29,30). The largest absolute Gasteiger partial charge is 0.496 e. The molecule has 4 rings (SSSR count). The number of fused-ring (bicyclic) bond motifs is 1. The van der Waals surface area contributed by atoms with Gasteiger partial charge in [0, 0.05) is 11.4 Å². The molecule has 0 radical (unpaired) electrons. The second-order valence-corrected chi connectivity index (χ2v) is 8.08. The van der Waals surface area contributed by atoms with E-state index in [0.29, 0.717) is 16.6 Å². The minimum Gasteiger partial charge on any atom is -0.496 e. The van der Waals surface area contributed by atoms with Crippen molar-refractivity contribution < 1.29 is 28.2 Å². The summed E-state index contributed by atoms with van der Waals surface area (Å²) in [6.07, 6.45) is 0.346. The fourth-order valence-electron chi connectivity index (χ4n) is 3.60. The van der Waals surface area contributed by atoms with Gasteiger partial charge in [-0.2, -0.15) is 0 Å². The summed E-state index contributed by atoms with van der Waals surface area (Å²) < 4.78 is 40.8. The predicted octanol–water partition coefficient (Wildman–Crippen LogP) is 3.87. The van der Waals surface area contributed by atoms with Crippen molar-refractivity contribution in [2.75, 3.05) is 7.11 Å². The van der Waals surface area contributed by atoms with Gasteiger partial charge in [-0.1, -0.05) is 13.0 Å². The quantitative estimate of drug-likeness (QED) is 0.409. The fourth-order valence-corrected chi connectivity index (χ4v) is 4.43. The lowest BCUT2D eigenvalue weighted by Gasteiger charge is -2.16. The first kappa shape index (κ1) is 23.2. The number of nitrogens with zero attached hydrogens (tertiary/aromatic N) is 1. The van der Waals surface area contributed by atoms with Crippen LogP contribution in [0.5, 0.6) is 11.5 Å². The smallest absolute Gasteiger partial charge is 0.346 e. The molecule has 0 unspecified atom stereocenters. The molecular weight excluding hydrogens is 470 g/mol. The molecule has 0 saturated heterocycles. The van der Waals surface area contributed by atoms with Crippen molar-refractivity contribution >= 4 is 28.2 Å². The molecule has 0 aliphatic heterocycles. The molecule has 2 aromatic heterocycles. The molecule has 0 atom stereocenters. The molecular formula is C23H18F2N2O6S. The monoisotopic (exact) mass is 488 g/mol. The van der Waals surface area contributed by atoms with Crippen LogP contribution in [-0.2, 0) is 13.0 Å². The summed E-state index contributed by atoms with van der Waals surface area (Å²) in [6.45, 7) is 1.49. The summed E-state index contributed by atoms with van der Waals surface area (Å²) in [5.41, 5.74) is -1.76. The van der Waals surface area contributed by atoms with E-state index < -0.39 is 34.5 Å². The molecule has 0 aliphatic rings. The summed E-state index contributed by atoms with van der Waals surface area (Å²) in [4.78, 5) is 39.4. The third-order valence-corrected chi connectivity index (χ3v) is 6.23. The zero-order valence-electron chi connectivity index (χ0n) is 18.0. The van der Waals surface area contributed by atoms with Gasteiger partial charge in [0.25, 0.3) is 5.56 Å². The first-order chi connectivity index (χ1) is 16.3. The summed E-state index contributed by atoms with van der Waals surface area (Å²) in [6, 6.07) is 6.57. The molecule has 0 spiro atoms. The first-order valence-corrected chi connectivity index (χ1v) is 10.9. The Morgan fingerprint density at radius 2 is 1.94 bits per heavy atom. The fraction of sp³-hybridized carbons (Fsp3) is 0.174. The van der Waals surface area contributed by atoms with Gasteiger partial charge in [0.2, 0.25) is 0 Å². The Morgan fingerprint density at radius 1 is 1.18 bits per heavy atom. The van der Waals surface area contributed by atoms with Crippen molar-refractivity contribution in [3.05, 3.63) is 84.2 Å². The number of carbonyl (C=O) groups is 1. The van der Waals surface area contributed by atoms with Crippen LogP contribution in [0, 0.1) is 11.6 Å². The minimum atomic E-state index is -1.35. The van der Waals surface area contributed by atoms with Gasteiger partial charge in [0.1, 0.15) is 34.6 Å². The number of aromatic nitrogens is 2. The lowest BCUT2D eigenvalue weighted by Crippen LogP contribution is -2.34. The van der Waals surface area contributed by atoms with Gasteiger partial charge in [0.15, 0.2) is 0 Å². The number of aryl methyl sites for hydroxylation is 1. The van der Waals surface area contributed by atoms with E-state index in [1.165, 1.54) is 24.6 Å². The van der Waals surface area contributed by atoms with E-state index in [1.54, 1.807) is 13.0 Å². The number of ether oxygens (including phenoxy) is 2. The van der Waals surface area contributed by atoms with Gasteiger partial charge >= 0.3 is 11.7 Å². The van der Waals surface area contributed by atoms with Crippen LogP contribution in [0.4, 0.5) is 8.78 Å². The first-order valence-electron chi connectivity index (χ1n) is 10.0. The maximum Gasteiger partial charge on any atom is 0.346 e. The Balaban J connectivity index is 1.85. The van der Waals surface area contributed by atoms with E-state index in [2.05, 4.69) is 4.98 Å². The lowest BCUT2D eigenvalue weighted by molar-refractivity contribution is 0.0704. The summed E-state index contributed by atoms with van der Waals surface area (Å²) in [5.74, 6) is -2.40. The number of benzene rings is 2. The molecule has 0 bridgehead atoms. The molecule has 2 aromatic carbocycles. The maximum absolute atomic E-state index is 15.0. The van der Waals surface area contributed by atoms with Crippen molar-refractivity contribution in [1.82, 2.24) is 9.55 Å². The van der Waals surface area contributed by atoms with Gasteiger partial charge in [-0.25, -0.2) is 22.9 Å².